The number of nitrogens with one attached hydrogen (secondary N) is 5. The van der Waals surface area contributed by atoms with E-state index in [2.05, 4.69) is 51.9 Å². The minimum atomic E-state index is -1.04. The molecule has 0 aliphatic heterocycles. The highest BCUT2D eigenvalue weighted by Gasteiger charge is 2.28. The fraction of sp³-hybridized carbons (Fsp3) is 0.682. The van der Waals surface area contributed by atoms with Gasteiger partial charge in [-0.1, -0.05) is 0 Å². The van der Waals surface area contributed by atoms with Crippen molar-refractivity contribution in [1.29, 1.82) is 0 Å². The molecule has 15 heteroatoms. The summed E-state index contributed by atoms with van der Waals surface area (Å²) in [6.45, 7) is 8.44. The van der Waals surface area contributed by atoms with Gasteiger partial charge in [0.25, 0.3) is 0 Å². The maximum absolute atomic E-state index is 12.9. The largest absolute Gasteiger partial charge is 0.368 e. The summed E-state index contributed by atoms with van der Waals surface area (Å²) in [5.74, 6) is -3.87. The molecule has 37 heavy (non-hydrogen) atoms. The molecule has 0 saturated heterocycles. The first-order valence-corrected chi connectivity index (χ1v) is 12.7. The van der Waals surface area contributed by atoms with Crippen LogP contribution in [0, 0.1) is 6.92 Å². The average molecular weight is 547 g/mol. The third-order valence-electron chi connectivity index (χ3n) is 5.37. The van der Waals surface area contributed by atoms with Crippen LogP contribution in [0.25, 0.3) is 0 Å². The molecule has 0 aliphatic rings. The Labute approximate surface area is 222 Å². The first-order chi connectivity index (χ1) is 17.3. The van der Waals surface area contributed by atoms with E-state index in [1.54, 1.807) is 0 Å². The Hall–Kier alpha value is -2.91. The maximum atomic E-state index is 12.9. The predicted molar refractivity (Wildman–Crippen MR) is 139 cm³/mol. The van der Waals surface area contributed by atoms with Crippen molar-refractivity contribution in [3.63, 3.8) is 0 Å². The molecule has 0 fully saturated rings. The average Bonchev–Trinajstić information content (AvgIpc) is 2.85. The van der Waals surface area contributed by atoms with Gasteiger partial charge in [-0.15, -0.1) is 0 Å². The zero-order valence-corrected chi connectivity index (χ0v) is 22.6. The summed E-state index contributed by atoms with van der Waals surface area (Å²) < 4.78 is 0. The Balaban J connectivity index is 5.16. The second-order valence-electron chi connectivity index (χ2n) is 8.64. The third kappa shape index (κ3) is 12.7. The van der Waals surface area contributed by atoms with E-state index in [9.17, 15) is 28.8 Å². The van der Waals surface area contributed by atoms with E-state index in [-0.39, 0.29) is 18.6 Å². The van der Waals surface area contributed by atoms with Crippen molar-refractivity contribution < 1.29 is 34.5 Å². The first-order valence-electron chi connectivity index (χ1n) is 12.0. The van der Waals surface area contributed by atoms with Crippen molar-refractivity contribution in [2.75, 3.05) is 12.3 Å². The van der Waals surface area contributed by atoms with Crippen LogP contribution in [0.3, 0.4) is 0 Å². The summed E-state index contributed by atoms with van der Waals surface area (Å²) in [6, 6.07) is -5.90. The molecule has 0 saturated carbocycles. The van der Waals surface area contributed by atoms with Crippen LogP contribution in [-0.2, 0) is 28.8 Å². The first kappa shape index (κ1) is 34.1. The highest BCUT2D eigenvalue weighted by molar-refractivity contribution is 7.80. The number of carbonyl (C=O) groups excluding carboxylic acids is 6. The zero-order valence-electron chi connectivity index (χ0n) is 21.7. The third-order valence-corrected chi connectivity index (χ3v) is 5.74. The zero-order chi connectivity index (χ0) is 28.7. The maximum Gasteiger partial charge on any atom is 0.243 e. The molecule has 12 N–H and O–H groups in total. The number of thiol groups is 1. The molecule has 6 amide bonds. The van der Waals surface area contributed by atoms with Crippen molar-refractivity contribution in [3.05, 3.63) is 6.92 Å². The van der Waals surface area contributed by atoms with Crippen LogP contribution < -0.4 is 43.8 Å². The predicted octanol–water partition coefficient (Wildman–Crippen LogP) is -4.15. The normalized spacial score (nSPS) is 15.6. The highest BCUT2D eigenvalue weighted by Crippen LogP contribution is 2.03. The van der Waals surface area contributed by atoms with E-state index in [4.69, 9.17) is 11.5 Å². The number of hydrogen-bond acceptors (Lipinski definition) is 8. The van der Waals surface area contributed by atoms with Crippen molar-refractivity contribution in [1.82, 2.24) is 26.6 Å². The summed E-state index contributed by atoms with van der Waals surface area (Å²) in [6.07, 6.45) is 1.69. The Kier molecular flexibility index (Phi) is 16.2. The van der Waals surface area contributed by atoms with Crippen molar-refractivity contribution in [2.45, 2.75) is 82.7 Å². The van der Waals surface area contributed by atoms with Gasteiger partial charge in [0, 0.05) is 5.75 Å². The van der Waals surface area contributed by atoms with Gasteiger partial charge in [-0.05, 0) is 40.0 Å². The van der Waals surface area contributed by atoms with E-state index in [1.165, 1.54) is 20.8 Å². The topological polar surface area (TPSA) is 242 Å². The number of amides is 6. The minimum Gasteiger partial charge on any atom is -0.368 e. The highest BCUT2D eigenvalue weighted by atomic mass is 32.1. The minimum absolute atomic E-state index is 0.0139. The van der Waals surface area contributed by atoms with Crippen LogP contribution >= 0.6 is 12.6 Å². The van der Waals surface area contributed by atoms with Crippen LogP contribution in [0.15, 0.2) is 0 Å². The molecule has 0 unspecified atom stereocenters. The molecule has 212 valence electrons. The summed E-state index contributed by atoms with van der Waals surface area (Å²) >= 11 is 3.96. The van der Waals surface area contributed by atoms with Crippen LogP contribution in [0.5, 0.6) is 0 Å². The van der Waals surface area contributed by atoms with E-state index >= 15 is 0 Å². The fourth-order valence-electron chi connectivity index (χ4n) is 2.89. The number of quaternary nitrogens is 1. The molecule has 0 rings (SSSR count). The van der Waals surface area contributed by atoms with Gasteiger partial charge in [-0.2, -0.15) is 19.0 Å². The van der Waals surface area contributed by atoms with Gasteiger partial charge in [-0.25, -0.2) is 0 Å². The Morgan fingerprint density at radius 1 is 0.757 bits per heavy atom. The molecule has 0 heterocycles. The van der Waals surface area contributed by atoms with E-state index < -0.39 is 71.7 Å². The molecular formula is C22H42N8O6S. The SMILES string of the molecule is [CH2-]C[C@H](N)C(=O)N[C@@H](C)C(=O)N[C@@H](C)C(=O)N[C@@H](CCCC[NH3+])C(=O)N[C@@H](C)C(=O)N[C@@H](CS)C(N)=O. The van der Waals surface area contributed by atoms with Gasteiger partial charge in [0.2, 0.25) is 35.4 Å². The lowest BCUT2D eigenvalue weighted by atomic mass is 10.1. The molecule has 0 aromatic rings. The number of nitrogens with two attached hydrogens (primary N) is 2. The van der Waals surface area contributed by atoms with E-state index in [1.807, 2.05) is 0 Å². The molecule has 0 aromatic carbocycles. The lowest BCUT2D eigenvalue weighted by Gasteiger charge is -2.24. The van der Waals surface area contributed by atoms with E-state index in [0.717, 1.165) is 0 Å². The van der Waals surface area contributed by atoms with Gasteiger partial charge >= 0.3 is 0 Å². The van der Waals surface area contributed by atoms with E-state index in [0.29, 0.717) is 19.4 Å². The standard InChI is InChI=1S/C22H41N8O6S/c1-5-14(24)21(35)27-11(2)18(32)26-12(3)19(33)29-15(8-6-7-9-23)22(36)28-13(4)20(34)30-16(10-37)17(25)31/h11-16,37H,1,5-10,23-24H2,2-4H3,(H2,25,31)(H,26,32)(H,27,35)(H,28,36)(H,29,33)(H,30,34)/q-1/p+1/t11-,12-,13-,14-,15-,16-/m0/s1. The molecule has 14 nitrogen and oxygen atoms in total. The smallest absolute Gasteiger partial charge is 0.243 e. The number of unbranched alkanes of at least 4 members (excludes halogenated alkanes) is 1. The van der Waals surface area contributed by atoms with Gasteiger partial charge in [0.05, 0.1) is 12.6 Å². The van der Waals surface area contributed by atoms with Crippen molar-refractivity contribution in [3.8, 4) is 0 Å². The lowest BCUT2D eigenvalue weighted by molar-refractivity contribution is -0.368. The van der Waals surface area contributed by atoms with Gasteiger partial charge < -0.3 is 50.7 Å². The number of hydrogen-bond donors (Lipinski definition) is 9. The quantitative estimate of drug-likeness (QED) is 0.0495. The number of primary amides is 1. The van der Waals surface area contributed by atoms with Crippen molar-refractivity contribution >= 4 is 48.1 Å². The second kappa shape index (κ2) is 17.5. The van der Waals surface area contributed by atoms with Crippen LogP contribution in [-0.4, -0.2) is 84.0 Å². The Morgan fingerprint density at radius 2 is 1.19 bits per heavy atom. The molecule has 0 aromatic heterocycles. The summed E-state index contributed by atoms with van der Waals surface area (Å²) in [4.78, 5) is 73.5. The Morgan fingerprint density at radius 3 is 1.62 bits per heavy atom. The molecule has 0 spiro atoms. The number of carbonyl (C=O) groups is 6. The number of rotatable bonds is 17. The fourth-order valence-corrected chi connectivity index (χ4v) is 3.17. The molecule has 6 atom stereocenters. The Bertz CT molecular complexity index is 814. The summed E-state index contributed by atoms with van der Waals surface area (Å²) in [7, 11) is 0. The van der Waals surface area contributed by atoms with Crippen LogP contribution in [0.2, 0.25) is 0 Å². The van der Waals surface area contributed by atoms with Gasteiger partial charge in [-0.3, -0.25) is 28.8 Å². The molecule has 0 aliphatic carbocycles. The van der Waals surface area contributed by atoms with Gasteiger partial charge in [0.1, 0.15) is 30.2 Å². The summed E-state index contributed by atoms with van der Waals surface area (Å²) in [5, 5.41) is 12.4. The molecular weight excluding hydrogens is 504 g/mol. The van der Waals surface area contributed by atoms with Crippen LogP contribution in [0.1, 0.15) is 46.5 Å². The molecule has 0 bridgehead atoms. The molecule has 0 radical (unpaired) electrons. The second-order valence-corrected chi connectivity index (χ2v) is 9.01. The van der Waals surface area contributed by atoms with Gasteiger partial charge in [0.15, 0.2) is 0 Å². The monoisotopic (exact) mass is 546 g/mol. The lowest BCUT2D eigenvalue weighted by Crippen LogP contribution is -2.58. The van der Waals surface area contributed by atoms with Crippen LogP contribution in [0.4, 0.5) is 0 Å². The van der Waals surface area contributed by atoms with Crippen molar-refractivity contribution in [2.24, 2.45) is 11.5 Å². The summed E-state index contributed by atoms with van der Waals surface area (Å²) in [5.41, 5.74) is 14.5.